The van der Waals surface area contributed by atoms with E-state index in [1.165, 1.54) is 12.1 Å². The molecule has 0 aliphatic carbocycles. The Balaban J connectivity index is 2.52. The van der Waals surface area contributed by atoms with Crippen LogP contribution in [0.4, 0.5) is 17.6 Å². The highest BCUT2D eigenvalue weighted by atomic mass is 19.2. The third-order valence-electron chi connectivity index (χ3n) is 2.58. The van der Waals surface area contributed by atoms with Crippen LogP contribution in [-0.4, -0.2) is 26.6 Å². The highest BCUT2D eigenvalue weighted by molar-refractivity contribution is 5.35. The quantitative estimate of drug-likeness (QED) is 0.475. The minimum absolute atomic E-state index is 0.122. The van der Waals surface area contributed by atoms with Gasteiger partial charge in [-0.1, -0.05) is 0 Å². The molecule has 114 valence electrons. The summed E-state index contributed by atoms with van der Waals surface area (Å²) in [4.78, 5) is 0. The zero-order chi connectivity index (χ0) is 14.8. The molecule has 2 nitrogen and oxygen atoms in total. The summed E-state index contributed by atoms with van der Waals surface area (Å²) in [6.07, 6.45) is 1.50. The second-order valence-corrected chi connectivity index (χ2v) is 4.18. The van der Waals surface area contributed by atoms with Crippen molar-refractivity contribution in [2.24, 2.45) is 0 Å². The molecule has 20 heavy (non-hydrogen) atoms. The van der Waals surface area contributed by atoms with Crippen molar-refractivity contribution < 1.29 is 27.0 Å². The van der Waals surface area contributed by atoms with Crippen molar-refractivity contribution in [3.05, 3.63) is 23.8 Å². The molecule has 1 aromatic carbocycles. The smallest absolute Gasteiger partial charge is 0.204 e. The van der Waals surface area contributed by atoms with E-state index < -0.39 is 25.0 Å². The lowest BCUT2D eigenvalue weighted by Gasteiger charge is -2.11. The molecule has 0 atom stereocenters. The van der Waals surface area contributed by atoms with E-state index >= 15 is 0 Å². The zero-order valence-electron chi connectivity index (χ0n) is 11.1. The molecule has 6 heteroatoms. The van der Waals surface area contributed by atoms with E-state index in [9.17, 15) is 17.6 Å². The second kappa shape index (κ2) is 9.44. The minimum Gasteiger partial charge on any atom is -0.490 e. The van der Waals surface area contributed by atoms with Gasteiger partial charge in [-0.15, -0.1) is 0 Å². The lowest BCUT2D eigenvalue weighted by atomic mass is 10.3. The predicted molar refractivity (Wildman–Crippen MR) is 67.8 cm³/mol. The van der Waals surface area contributed by atoms with E-state index in [-0.39, 0.29) is 24.7 Å². The maximum absolute atomic E-state index is 13.6. The number of hydrogen-bond acceptors (Lipinski definition) is 2. The van der Waals surface area contributed by atoms with Crippen molar-refractivity contribution >= 4 is 0 Å². The van der Waals surface area contributed by atoms with Crippen molar-refractivity contribution in [2.75, 3.05) is 26.6 Å². The molecule has 1 aromatic rings. The molecule has 0 radical (unpaired) electrons. The van der Waals surface area contributed by atoms with Gasteiger partial charge in [-0.25, -0.2) is 0 Å². The third kappa shape index (κ3) is 5.27. The summed E-state index contributed by atoms with van der Waals surface area (Å²) in [5.74, 6) is -2.71. The summed E-state index contributed by atoms with van der Waals surface area (Å²) in [5, 5.41) is 0. The topological polar surface area (TPSA) is 18.5 Å². The molecule has 0 N–H and O–H groups in total. The van der Waals surface area contributed by atoms with Gasteiger partial charge >= 0.3 is 0 Å². The first kappa shape index (κ1) is 16.6. The van der Waals surface area contributed by atoms with Crippen LogP contribution in [-0.2, 0) is 0 Å². The number of halogens is 4. The minimum atomic E-state index is -1.13. The Morgan fingerprint density at radius 2 is 1.10 bits per heavy atom. The number of hydrogen-bond donors (Lipinski definition) is 0. The Bertz CT molecular complexity index is 362. The van der Waals surface area contributed by atoms with Gasteiger partial charge in [0.1, 0.15) is 0 Å². The monoisotopic (exact) mass is 294 g/mol. The van der Waals surface area contributed by atoms with Crippen LogP contribution in [0.2, 0.25) is 0 Å². The average molecular weight is 294 g/mol. The van der Waals surface area contributed by atoms with Gasteiger partial charge in [-0.2, -0.15) is 8.78 Å². The molecule has 0 aliphatic rings. The van der Waals surface area contributed by atoms with E-state index in [0.717, 1.165) is 0 Å². The molecular weight excluding hydrogens is 276 g/mol. The van der Waals surface area contributed by atoms with Crippen molar-refractivity contribution in [1.82, 2.24) is 0 Å². The normalized spacial score (nSPS) is 10.6. The Labute approximate surface area is 115 Å². The summed E-state index contributed by atoms with van der Waals surface area (Å²) in [6, 6.07) is 2.52. The fourth-order valence-electron chi connectivity index (χ4n) is 1.49. The van der Waals surface area contributed by atoms with Crippen LogP contribution in [0.15, 0.2) is 12.1 Å². The van der Waals surface area contributed by atoms with Crippen molar-refractivity contribution in [3.8, 4) is 11.5 Å². The maximum atomic E-state index is 13.6. The van der Waals surface area contributed by atoms with Crippen molar-refractivity contribution in [1.29, 1.82) is 0 Å². The largest absolute Gasteiger partial charge is 0.490 e. The van der Waals surface area contributed by atoms with Crippen LogP contribution in [0.5, 0.6) is 11.5 Å². The Morgan fingerprint density at radius 3 is 1.45 bits per heavy atom. The van der Waals surface area contributed by atoms with Crippen molar-refractivity contribution in [2.45, 2.75) is 25.7 Å². The fraction of sp³-hybridized carbons (Fsp3) is 0.571. The van der Waals surface area contributed by atoms with Crippen LogP contribution in [0, 0.1) is 11.6 Å². The molecule has 0 heterocycles. The molecule has 0 amide bonds. The van der Waals surface area contributed by atoms with E-state index in [1.54, 1.807) is 0 Å². The van der Waals surface area contributed by atoms with Gasteiger partial charge in [0.2, 0.25) is 11.6 Å². The lowest BCUT2D eigenvalue weighted by molar-refractivity contribution is 0.262. The SMILES string of the molecule is FCCCCOc1ccc(OCCCCF)c(F)c1F. The average Bonchev–Trinajstić information content (AvgIpc) is 2.46. The molecule has 0 unspecified atom stereocenters. The fourth-order valence-corrected chi connectivity index (χ4v) is 1.49. The van der Waals surface area contributed by atoms with Gasteiger partial charge in [0.05, 0.1) is 26.6 Å². The molecule has 0 bridgehead atoms. The first-order chi connectivity index (χ1) is 9.70. The second-order valence-electron chi connectivity index (χ2n) is 4.18. The highest BCUT2D eigenvalue weighted by Crippen LogP contribution is 2.27. The van der Waals surface area contributed by atoms with Gasteiger partial charge in [-0.3, -0.25) is 8.78 Å². The number of alkyl halides is 2. The molecule has 0 aliphatic heterocycles. The van der Waals surface area contributed by atoms with E-state index in [0.29, 0.717) is 25.7 Å². The van der Waals surface area contributed by atoms with E-state index in [4.69, 9.17) is 9.47 Å². The number of rotatable bonds is 10. The summed E-state index contributed by atoms with van der Waals surface area (Å²) in [6.45, 7) is -0.689. The Hall–Kier alpha value is -1.46. The summed E-state index contributed by atoms with van der Waals surface area (Å²) in [7, 11) is 0. The predicted octanol–water partition coefficient (Wildman–Crippen LogP) is 4.22. The lowest BCUT2D eigenvalue weighted by Crippen LogP contribution is -2.04. The molecule has 0 fully saturated rings. The van der Waals surface area contributed by atoms with Crippen LogP contribution >= 0.6 is 0 Å². The van der Waals surface area contributed by atoms with Crippen LogP contribution in [0.1, 0.15) is 25.7 Å². The number of unbranched alkanes of at least 4 members (excludes halogenated alkanes) is 2. The standard InChI is InChI=1S/C14H18F4O2/c15-7-1-3-9-19-11-5-6-12(14(18)13(11)17)20-10-4-2-8-16/h5-6H,1-4,7-10H2. The van der Waals surface area contributed by atoms with Gasteiger partial charge in [0.25, 0.3) is 0 Å². The number of benzene rings is 1. The molecule has 0 aromatic heterocycles. The molecule has 0 saturated heterocycles. The van der Waals surface area contributed by atoms with Gasteiger partial charge in [-0.05, 0) is 37.8 Å². The summed E-state index contributed by atoms with van der Waals surface area (Å²) < 4.78 is 61.0. The zero-order valence-corrected chi connectivity index (χ0v) is 11.1. The first-order valence-corrected chi connectivity index (χ1v) is 6.56. The molecular formula is C14H18F4O2. The Kier molecular flexibility index (Phi) is 7.84. The van der Waals surface area contributed by atoms with Gasteiger partial charge in [0, 0.05) is 0 Å². The van der Waals surface area contributed by atoms with Crippen LogP contribution < -0.4 is 9.47 Å². The molecule has 0 saturated carbocycles. The molecule has 1 rings (SSSR count). The molecule has 0 spiro atoms. The first-order valence-electron chi connectivity index (χ1n) is 6.56. The van der Waals surface area contributed by atoms with Crippen LogP contribution in [0.3, 0.4) is 0 Å². The van der Waals surface area contributed by atoms with E-state index in [2.05, 4.69) is 0 Å². The summed E-state index contributed by atoms with van der Waals surface area (Å²) >= 11 is 0. The Morgan fingerprint density at radius 1 is 0.700 bits per heavy atom. The number of ether oxygens (including phenoxy) is 2. The van der Waals surface area contributed by atoms with Gasteiger partial charge in [0.15, 0.2) is 11.5 Å². The van der Waals surface area contributed by atoms with Crippen LogP contribution in [0.25, 0.3) is 0 Å². The van der Waals surface area contributed by atoms with Crippen molar-refractivity contribution in [3.63, 3.8) is 0 Å². The highest BCUT2D eigenvalue weighted by Gasteiger charge is 2.15. The van der Waals surface area contributed by atoms with Gasteiger partial charge < -0.3 is 9.47 Å². The summed E-state index contributed by atoms with van der Waals surface area (Å²) in [5.41, 5.74) is 0. The third-order valence-corrected chi connectivity index (χ3v) is 2.58. The maximum Gasteiger partial charge on any atom is 0.204 e. The van der Waals surface area contributed by atoms with E-state index in [1.807, 2.05) is 0 Å².